The van der Waals surface area contributed by atoms with E-state index in [1.54, 1.807) is 0 Å². The fourth-order valence-electron chi connectivity index (χ4n) is 5.73. The number of nitrogens with one attached hydrogen (secondary N) is 3. The molecule has 1 heterocycles. The van der Waals surface area contributed by atoms with Gasteiger partial charge in [-0.3, -0.25) is 27.1 Å². The van der Waals surface area contributed by atoms with Crippen LogP contribution in [0.3, 0.4) is 0 Å². The molecule has 336 valence electrons. The lowest BCUT2D eigenvalue weighted by Gasteiger charge is -2.34. The SMILES string of the molecule is O=C(O)c1ccc(O[P+]2(Oc3ccc(C(=O)O)cc3)N[P+](Oc3ccc(C(=O)O)cc3)(Oc3ccc(C(=O)O)cc3)N[P+](Oc3ccc(C(=O)O)cc3)(Oc3ccc(C(=O)O)cc3)N2)cc1. The highest BCUT2D eigenvalue weighted by Gasteiger charge is 2.84. The molecular weight excluding hydrogens is 927 g/mol. The molecule has 1 aliphatic rings. The van der Waals surface area contributed by atoms with Gasteiger partial charge in [0.2, 0.25) is 0 Å². The second-order valence-electron chi connectivity index (χ2n) is 13.5. The van der Waals surface area contributed by atoms with Crippen molar-refractivity contribution < 1.29 is 86.5 Å². The molecule has 0 aliphatic carbocycles. The van der Waals surface area contributed by atoms with Gasteiger partial charge in [0.15, 0.2) is 34.5 Å². The quantitative estimate of drug-likeness (QED) is 0.0365. The van der Waals surface area contributed by atoms with E-state index >= 15 is 0 Å². The summed E-state index contributed by atoms with van der Waals surface area (Å²) in [6.45, 7) is 0. The van der Waals surface area contributed by atoms with Crippen LogP contribution in [0.1, 0.15) is 62.1 Å². The molecule has 9 N–H and O–H groups in total. The lowest BCUT2D eigenvalue weighted by Crippen LogP contribution is -2.52. The van der Waals surface area contributed by atoms with Crippen LogP contribution in [0.15, 0.2) is 146 Å². The molecule has 1 aliphatic heterocycles. The second-order valence-corrected chi connectivity index (χ2v) is 20.3. The molecule has 0 saturated carbocycles. The average Bonchev–Trinajstić information content (AvgIpc) is 3.27. The van der Waals surface area contributed by atoms with Gasteiger partial charge in [-0.25, -0.2) is 28.8 Å². The number of carbonyl (C=O) groups is 6. The summed E-state index contributed by atoms with van der Waals surface area (Å²) in [4.78, 5) is 80.6. The van der Waals surface area contributed by atoms with E-state index in [-0.39, 0.29) is 67.9 Å². The highest BCUT2D eigenvalue weighted by Crippen LogP contribution is 2.80. The first-order chi connectivity index (χ1) is 31.4. The van der Waals surface area contributed by atoms with Crippen LogP contribution in [-0.2, 0) is 0 Å². The van der Waals surface area contributed by atoms with Crippen LogP contribution >= 0.6 is 24.1 Å². The zero-order chi connectivity index (χ0) is 47.2. The van der Waals surface area contributed by atoms with Crippen LogP contribution < -0.4 is 41.7 Å². The Balaban J connectivity index is 1.49. The Morgan fingerprint density at radius 3 is 0.485 bits per heavy atom. The first kappa shape index (κ1) is 46.1. The number of hydrogen-bond donors (Lipinski definition) is 9. The second kappa shape index (κ2) is 19.1. The number of benzene rings is 6. The molecule has 1 saturated heterocycles. The molecule has 24 heteroatoms. The van der Waals surface area contributed by atoms with Crippen LogP contribution in [-0.4, -0.2) is 66.5 Å². The van der Waals surface area contributed by atoms with E-state index in [1.807, 2.05) is 0 Å². The minimum Gasteiger partial charge on any atom is -0.478 e. The first-order valence-corrected chi connectivity index (χ1v) is 23.5. The Bertz CT molecular complexity index is 2300. The van der Waals surface area contributed by atoms with E-state index in [2.05, 4.69) is 14.6 Å². The van der Waals surface area contributed by atoms with Gasteiger partial charge in [0.05, 0.1) is 33.4 Å². The van der Waals surface area contributed by atoms with E-state index in [0.29, 0.717) is 0 Å². The van der Waals surface area contributed by atoms with Crippen molar-refractivity contribution in [2.75, 3.05) is 0 Å². The van der Waals surface area contributed by atoms with Crippen LogP contribution in [0.4, 0.5) is 0 Å². The van der Waals surface area contributed by atoms with E-state index in [1.165, 1.54) is 146 Å². The lowest BCUT2D eigenvalue weighted by atomic mass is 10.2. The van der Waals surface area contributed by atoms with Gasteiger partial charge in [-0.05, 0) is 146 Å². The molecule has 6 aromatic carbocycles. The normalized spacial score (nSPS) is 14.4. The van der Waals surface area contributed by atoms with Gasteiger partial charge >= 0.3 is 59.9 Å². The Labute approximate surface area is 373 Å². The van der Waals surface area contributed by atoms with Gasteiger partial charge in [0, 0.05) is 0 Å². The molecular formula is C42H33N3O18P3+3. The van der Waals surface area contributed by atoms with Crippen LogP contribution in [0, 0.1) is 0 Å². The third-order valence-corrected chi connectivity index (χ3v) is 17.9. The van der Waals surface area contributed by atoms with E-state index < -0.39 is 59.9 Å². The molecule has 66 heavy (non-hydrogen) atoms. The van der Waals surface area contributed by atoms with Gasteiger partial charge in [0.25, 0.3) is 0 Å². The fourth-order valence-corrected chi connectivity index (χ4v) is 16.2. The predicted molar refractivity (Wildman–Crippen MR) is 234 cm³/mol. The molecule has 0 atom stereocenters. The molecule has 1 fully saturated rings. The lowest BCUT2D eigenvalue weighted by molar-refractivity contribution is 0.0686. The Morgan fingerprint density at radius 2 is 0.379 bits per heavy atom. The molecule has 0 bridgehead atoms. The summed E-state index contributed by atoms with van der Waals surface area (Å²) >= 11 is 0. The molecule has 0 amide bonds. The number of rotatable bonds is 18. The third kappa shape index (κ3) is 11.1. The van der Waals surface area contributed by atoms with Crippen molar-refractivity contribution in [3.05, 3.63) is 179 Å². The minimum absolute atomic E-state index is 0.0539. The van der Waals surface area contributed by atoms with Gasteiger partial charge in [-0.15, -0.1) is 0 Å². The number of carboxylic acid groups (broad SMARTS) is 6. The smallest absolute Gasteiger partial charge is 0.478 e. The molecule has 0 radical (unpaired) electrons. The third-order valence-electron chi connectivity index (χ3n) is 8.80. The highest BCUT2D eigenvalue weighted by molar-refractivity contribution is 7.93. The number of hydrogen-bond acceptors (Lipinski definition) is 15. The van der Waals surface area contributed by atoms with E-state index in [4.69, 9.17) is 27.1 Å². The first-order valence-electron chi connectivity index (χ1n) is 18.7. The largest absolute Gasteiger partial charge is 0.600 e. The summed E-state index contributed by atoms with van der Waals surface area (Å²) in [6, 6.07) is 30.2. The van der Waals surface area contributed by atoms with Crippen LogP contribution in [0.5, 0.6) is 34.5 Å². The average molecular weight is 961 g/mol. The van der Waals surface area contributed by atoms with Crippen molar-refractivity contribution in [3.8, 4) is 34.5 Å². The molecule has 7 rings (SSSR count). The minimum atomic E-state index is -4.44. The maximum atomic E-state index is 11.9. The maximum Gasteiger partial charge on any atom is 0.600 e. The van der Waals surface area contributed by atoms with E-state index in [0.717, 1.165) is 0 Å². The number of carboxylic acids is 6. The molecule has 0 unspecified atom stereocenters. The van der Waals surface area contributed by atoms with Crippen molar-refractivity contribution in [2.24, 2.45) is 0 Å². The molecule has 21 nitrogen and oxygen atoms in total. The maximum absolute atomic E-state index is 11.9. The van der Waals surface area contributed by atoms with Crippen molar-refractivity contribution in [1.82, 2.24) is 14.6 Å². The predicted octanol–water partition coefficient (Wildman–Crippen LogP) is 8.46. The standard InChI is InChI=1S/C42H30N3O18P3/c46-37(47)25-1-13-31(14-2-25)58-64(59-32-15-3-26(4-16-32)38(48)49)43-65(60-33-17-5-27(6-18-33)39(50)51,61-34-19-7-28(8-20-34)40(52)53)45-66(44-64,62-35-21-9-29(10-22-35)41(54)55)63-36-23-11-30(12-24-36)42(56)57/h1-24,43-45H,(H3-3,46,47,48,49,50,51,52,53,54,55,56,57)/p+3. The zero-order valence-electron chi connectivity index (χ0n) is 33.3. The topological polar surface area (TPSA) is 315 Å². The molecule has 6 aromatic rings. The van der Waals surface area contributed by atoms with Gasteiger partial charge in [-0.2, -0.15) is 0 Å². The van der Waals surface area contributed by atoms with Gasteiger partial charge in [-0.1, -0.05) is 0 Å². The van der Waals surface area contributed by atoms with Crippen molar-refractivity contribution in [1.29, 1.82) is 0 Å². The summed E-state index contributed by atoms with van der Waals surface area (Å²) < 4.78 is 40.0. The number of aromatic carboxylic acids is 6. The molecule has 0 aromatic heterocycles. The summed E-state index contributed by atoms with van der Waals surface area (Å²) in [6.07, 6.45) is 0. The zero-order valence-corrected chi connectivity index (χ0v) is 36.0. The van der Waals surface area contributed by atoms with Crippen LogP contribution in [0.25, 0.3) is 0 Å². The summed E-state index contributed by atoms with van der Waals surface area (Å²) in [5, 5.41) is 58.0. The van der Waals surface area contributed by atoms with Crippen LogP contribution in [0.2, 0.25) is 0 Å². The fraction of sp³-hybridized carbons (Fsp3) is 0. The summed E-state index contributed by atoms with van der Waals surface area (Å²) in [7, 11) is -13.3. The van der Waals surface area contributed by atoms with Crippen molar-refractivity contribution >= 4 is 59.9 Å². The van der Waals surface area contributed by atoms with Gasteiger partial charge < -0.3 is 30.6 Å². The van der Waals surface area contributed by atoms with E-state index in [9.17, 15) is 59.4 Å². The van der Waals surface area contributed by atoms with Crippen molar-refractivity contribution in [3.63, 3.8) is 0 Å². The summed E-state index contributed by atoms with van der Waals surface area (Å²) in [5.41, 5.74) is -0.764. The Kier molecular flexibility index (Phi) is 13.3. The summed E-state index contributed by atoms with van der Waals surface area (Å²) in [5.74, 6) is -7.89. The highest BCUT2D eigenvalue weighted by atomic mass is 31.3. The monoisotopic (exact) mass is 960 g/mol. The van der Waals surface area contributed by atoms with Gasteiger partial charge in [0.1, 0.15) is 14.6 Å². The molecule has 0 spiro atoms. The van der Waals surface area contributed by atoms with Crippen molar-refractivity contribution in [2.45, 2.75) is 0 Å². The Morgan fingerprint density at radius 1 is 0.258 bits per heavy atom. The Hall–Kier alpha value is -7.89.